The zero-order valence-electron chi connectivity index (χ0n) is 16.7. The van der Waals surface area contributed by atoms with Crippen molar-refractivity contribution in [2.24, 2.45) is 10.4 Å². The van der Waals surface area contributed by atoms with Crippen molar-refractivity contribution in [2.45, 2.75) is 25.7 Å². The maximum Gasteiger partial charge on any atom is 0.220 e. The molecule has 1 aromatic carbocycles. The van der Waals surface area contributed by atoms with Crippen LogP contribution in [-0.4, -0.2) is 55.0 Å². The molecule has 4 rings (SSSR count). The quantitative estimate of drug-likeness (QED) is 0.366. The first-order valence-corrected chi connectivity index (χ1v) is 10.8. The largest absolute Gasteiger partial charge is 0.356 e. The Morgan fingerprint density at radius 3 is 2.93 bits per heavy atom. The number of likely N-dealkylation sites (tertiary alicyclic amines) is 1. The predicted octanol–water partition coefficient (Wildman–Crippen LogP) is 3.15. The molecule has 2 aliphatic rings. The number of piperidine rings is 1. The Balaban J connectivity index is 0.00000240. The van der Waals surface area contributed by atoms with Gasteiger partial charge in [-0.1, -0.05) is 30.3 Å². The van der Waals surface area contributed by atoms with Gasteiger partial charge >= 0.3 is 0 Å². The van der Waals surface area contributed by atoms with Crippen LogP contribution in [0.2, 0.25) is 0 Å². The highest BCUT2D eigenvalue weighted by Gasteiger charge is 2.42. The maximum atomic E-state index is 11.7. The molecular formula is C21H28IN5OS. The number of thiazole rings is 1. The fourth-order valence-corrected chi connectivity index (χ4v) is 5.06. The Morgan fingerprint density at radius 1 is 1.38 bits per heavy atom. The molecule has 2 aliphatic heterocycles. The molecular weight excluding hydrogens is 497 g/mol. The van der Waals surface area contributed by atoms with E-state index in [1.54, 1.807) is 11.3 Å². The molecule has 0 radical (unpaired) electrons. The van der Waals surface area contributed by atoms with E-state index in [0.29, 0.717) is 6.42 Å². The summed E-state index contributed by atoms with van der Waals surface area (Å²) in [6.07, 6.45) is 3.71. The number of carbonyl (C=O) groups is 1. The Labute approximate surface area is 193 Å². The molecule has 6 nitrogen and oxygen atoms in total. The van der Waals surface area contributed by atoms with Crippen LogP contribution in [0.25, 0.3) is 10.6 Å². The molecule has 2 saturated heterocycles. The number of carbonyl (C=O) groups excluding carboxylic acids is 1. The van der Waals surface area contributed by atoms with Gasteiger partial charge in [-0.05, 0) is 12.8 Å². The number of aromatic nitrogens is 1. The second-order valence-electron chi connectivity index (χ2n) is 7.71. The topological polar surface area (TPSA) is 69.6 Å². The summed E-state index contributed by atoms with van der Waals surface area (Å²) in [5, 5.41) is 9.70. The van der Waals surface area contributed by atoms with Crippen LogP contribution in [0.1, 0.15) is 25.0 Å². The van der Waals surface area contributed by atoms with Crippen molar-refractivity contribution < 1.29 is 4.79 Å². The molecule has 2 aromatic rings. The minimum atomic E-state index is 0. The Hall–Kier alpha value is -1.68. The number of rotatable bonds is 4. The van der Waals surface area contributed by atoms with Gasteiger partial charge in [-0.15, -0.1) is 35.3 Å². The third kappa shape index (κ3) is 5.28. The summed E-state index contributed by atoms with van der Waals surface area (Å²) in [4.78, 5) is 23.3. The lowest BCUT2D eigenvalue weighted by Crippen LogP contribution is -2.51. The zero-order valence-corrected chi connectivity index (χ0v) is 19.8. The fraction of sp³-hybridized carbons (Fsp3) is 0.476. The summed E-state index contributed by atoms with van der Waals surface area (Å²) in [7, 11) is 1.83. The van der Waals surface area contributed by atoms with Gasteiger partial charge < -0.3 is 15.5 Å². The number of hydrogen-bond acceptors (Lipinski definition) is 4. The number of benzene rings is 1. The van der Waals surface area contributed by atoms with E-state index in [9.17, 15) is 4.79 Å². The summed E-state index contributed by atoms with van der Waals surface area (Å²) < 4.78 is 0. The van der Waals surface area contributed by atoms with Crippen molar-refractivity contribution >= 4 is 47.2 Å². The standard InChI is InChI=1S/C21H27N5OS.HI/c1-22-20(26-11-5-9-21(15-26)12-18(27)24-14-21)23-10-8-17-13-28-19(25-17)16-6-3-2-4-7-16;/h2-4,6-7,13H,5,8-12,14-15H2,1H3,(H,22,23)(H,24,27);1H. The smallest absolute Gasteiger partial charge is 0.220 e. The van der Waals surface area contributed by atoms with Crippen LogP contribution in [-0.2, 0) is 11.2 Å². The van der Waals surface area contributed by atoms with E-state index in [1.807, 2.05) is 25.2 Å². The van der Waals surface area contributed by atoms with E-state index >= 15 is 0 Å². The van der Waals surface area contributed by atoms with Crippen molar-refractivity contribution in [1.29, 1.82) is 0 Å². The SMILES string of the molecule is CN=C(NCCc1csc(-c2ccccc2)n1)N1CCCC2(CNC(=O)C2)C1.I. The van der Waals surface area contributed by atoms with Crippen molar-refractivity contribution in [2.75, 3.05) is 33.2 Å². The van der Waals surface area contributed by atoms with Crippen molar-refractivity contribution in [3.8, 4) is 10.6 Å². The highest BCUT2D eigenvalue weighted by atomic mass is 127. The third-order valence-electron chi connectivity index (χ3n) is 5.61. The Bertz CT molecular complexity index is 856. The minimum Gasteiger partial charge on any atom is -0.356 e. The fourth-order valence-electron chi connectivity index (χ4n) is 4.20. The monoisotopic (exact) mass is 525 g/mol. The van der Waals surface area contributed by atoms with E-state index in [4.69, 9.17) is 4.98 Å². The molecule has 1 unspecified atom stereocenters. The van der Waals surface area contributed by atoms with Gasteiger partial charge in [-0.3, -0.25) is 9.79 Å². The molecule has 2 N–H and O–H groups in total. The summed E-state index contributed by atoms with van der Waals surface area (Å²) in [5.41, 5.74) is 2.35. The molecule has 1 aromatic heterocycles. The summed E-state index contributed by atoms with van der Waals surface area (Å²) >= 11 is 1.69. The number of nitrogens with zero attached hydrogens (tertiary/aromatic N) is 3. The molecule has 1 amide bonds. The van der Waals surface area contributed by atoms with Crippen molar-refractivity contribution in [3.63, 3.8) is 0 Å². The molecule has 0 saturated carbocycles. The van der Waals surface area contributed by atoms with Gasteiger partial charge in [-0.2, -0.15) is 0 Å². The van der Waals surface area contributed by atoms with Crippen LogP contribution in [0.4, 0.5) is 0 Å². The van der Waals surface area contributed by atoms with Crippen LogP contribution in [0.3, 0.4) is 0 Å². The first kappa shape index (κ1) is 22.0. The van der Waals surface area contributed by atoms with E-state index in [1.165, 1.54) is 5.56 Å². The lowest BCUT2D eigenvalue weighted by atomic mass is 9.79. The molecule has 0 bridgehead atoms. The van der Waals surface area contributed by atoms with Crippen LogP contribution in [0, 0.1) is 5.41 Å². The van der Waals surface area contributed by atoms with E-state index in [2.05, 4.69) is 38.0 Å². The number of aliphatic imine (C=N–C) groups is 1. The minimum absolute atomic E-state index is 0. The number of halogens is 1. The van der Waals surface area contributed by atoms with Crippen LogP contribution < -0.4 is 10.6 Å². The second-order valence-corrected chi connectivity index (χ2v) is 8.57. The normalized spacial score (nSPS) is 21.8. The highest BCUT2D eigenvalue weighted by molar-refractivity contribution is 14.0. The zero-order chi connectivity index (χ0) is 19.4. The molecule has 1 atom stereocenters. The van der Waals surface area contributed by atoms with Crippen LogP contribution >= 0.6 is 35.3 Å². The van der Waals surface area contributed by atoms with E-state index < -0.39 is 0 Å². The van der Waals surface area contributed by atoms with Gasteiger partial charge in [-0.25, -0.2) is 4.98 Å². The maximum absolute atomic E-state index is 11.7. The van der Waals surface area contributed by atoms with E-state index in [-0.39, 0.29) is 35.3 Å². The summed E-state index contributed by atoms with van der Waals surface area (Å²) in [6, 6.07) is 10.3. The van der Waals surface area contributed by atoms with E-state index in [0.717, 1.165) is 62.1 Å². The van der Waals surface area contributed by atoms with Crippen molar-refractivity contribution in [1.82, 2.24) is 20.5 Å². The summed E-state index contributed by atoms with van der Waals surface area (Å²) in [6.45, 7) is 3.47. The summed E-state index contributed by atoms with van der Waals surface area (Å²) in [5.74, 6) is 1.11. The van der Waals surface area contributed by atoms with Gasteiger partial charge in [0.15, 0.2) is 5.96 Å². The lowest BCUT2D eigenvalue weighted by molar-refractivity contribution is -0.119. The molecule has 156 valence electrons. The van der Waals surface area contributed by atoms with Gasteiger partial charge in [0.25, 0.3) is 0 Å². The van der Waals surface area contributed by atoms with Gasteiger partial charge in [0.2, 0.25) is 5.91 Å². The number of amides is 1. The first-order valence-electron chi connectivity index (χ1n) is 9.90. The number of hydrogen-bond donors (Lipinski definition) is 2. The molecule has 29 heavy (non-hydrogen) atoms. The molecule has 1 spiro atoms. The first-order chi connectivity index (χ1) is 13.7. The molecule has 8 heteroatoms. The van der Waals surface area contributed by atoms with Gasteiger partial charge in [0, 0.05) is 62.4 Å². The Kier molecular flexibility index (Phi) is 7.50. The highest BCUT2D eigenvalue weighted by Crippen LogP contribution is 2.36. The lowest BCUT2D eigenvalue weighted by Gasteiger charge is -2.40. The number of nitrogens with one attached hydrogen (secondary N) is 2. The molecule has 2 fully saturated rings. The second kappa shape index (κ2) is 9.88. The average Bonchev–Trinajstić information content (AvgIpc) is 3.33. The average molecular weight is 525 g/mol. The Morgan fingerprint density at radius 2 is 2.21 bits per heavy atom. The van der Waals surface area contributed by atoms with Crippen LogP contribution in [0.5, 0.6) is 0 Å². The predicted molar refractivity (Wildman–Crippen MR) is 129 cm³/mol. The van der Waals surface area contributed by atoms with Gasteiger partial charge in [0.05, 0.1) is 5.69 Å². The van der Waals surface area contributed by atoms with Gasteiger partial charge in [0.1, 0.15) is 5.01 Å². The van der Waals surface area contributed by atoms with Crippen LogP contribution in [0.15, 0.2) is 40.7 Å². The molecule has 0 aliphatic carbocycles. The van der Waals surface area contributed by atoms with Crippen molar-refractivity contribution in [3.05, 3.63) is 41.4 Å². The molecule has 3 heterocycles. The third-order valence-corrected chi connectivity index (χ3v) is 6.55. The number of guanidine groups is 1.